The molecular formula is C15H23N3O2S. The minimum absolute atomic E-state index is 0.132. The monoisotopic (exact) mass is 309 g/mol. The summed E-state index contributed by atoms with van der Waals surface area (Å²) in [5.74, 6) is 0. The largest absolute Gasteiger partial charge is 0.365 e. The van der Waals surface area contributed by atoms with Crippen molar-refractivity contribution in [3.63, 3.8) is 0 Å². The zero-order valence-corrected chi connectivity index (χ0v) is 13.2. The maximum Gasteiger partial charge on any atom is 0.242 e. The van der Waals surface area contributed by atoms with Gasteiger partial charge in [-0.2, -0.15) is 0 Å². The Morgan fingerprint density at radius 2 is 2.00 bits per heavy atom. The Bertz CT molecular complexity index is 595. The van der Waals surface area contributed by atoms with E-state index in [4.69, 9.17) is 0 Å². The summed E-state index contributed by atoms with van der Waals surface area (Å²) in [5, 5.41) is 3.26. The van der Waals surface area contributed by atoms with Crippen molar-refractivity contribution in [3.05, 3.63) is 24.3 Å². The molecule has 0 spiro atoms. The third kappa shape index (κ3) is 3.22. The highest BCUT2D eigenvalue weighted by atomic mass is 32.2. The van der Waals surface area contributed by atoms with Gasteiger partial charge in [0.15, 0.2) is 0 Å². The van der Waals surface area contributed by atoms with E-state index in [0.717, 1.165) is 44.6 Å². The molecule has 1 aliphatic heterocycles. The van der Waals surface area contributed by atoms with Crippen LogP contribution in [0.15, 0.2) is 29.2 Å². The van der Waals surface area contributed by atoms with Crippen molar-refractivity contribution in [2.24, 2.45) is 0 Å². The van der Waals surface area contributed by atoms with Gasteiger partial charge in [-0.1, -0.05) is 19.1 Å². The fourth-order valence-corrected chi connectivity index (χ4v) is 4.16. The van der Waals surface area contributed by atoms with Crippen molar-refractivity contribution in [3.8, 4) is 0 Å². The number of para-hydroxylation sites is 1. The van der Waals surface area contributed by atoms with Gasteiger partial charge in [-0.05, 0) is 31.4 Å². The fraction of sp³-hybridized carbons (Fsp3) is 0.600. The predicted octanol–water partition coefficient (Wildman–Crippen LogP) is 1.32. The van der Waals surface area contributed by atoms with Gasteiger partial charge in [-0.15, -0.1) is 0 Å². The normalized spacial score (nSPS) is 19.3. The highest BCUT2D eigenvalue weighted by molar-refractivity contribution is 7.89. The molecule has 1 aliphatic carbocycles. The van der Waals surface area contributed by atoms with Crippen molar-refractivity contribution in [2.75, 3.05) is 24.5 Å². The highest BCUT2D eigenvalue weighted by Gasteiger charge is 2.32. The van der Waals surface area contributed by atoms with Crippen LogP contribution in [-0.4, -0.2) is 40.1 Å². The Labute approximate surface area is 126 Å². The van der Waals surface area contributed by atoms with Crippen LogP contribution in [-0.2, 0) is 10.0 Å². The number of nitrogens with zero attached hydrogens (tertiary/aromatic N) is 1. The smallest absolute Gasteiger partial charge is 0.242 e. The molecule has 6 heteroatoms. The topological polar surface area (TPSA) is 61.4 Å². The van der Waals surface area contributed by atoms with Crippen LogP contribution in [0.2, 0.25) is 0 Å². The lowest BCUT2D eigenvalue weighted by molar-refractivity contribution is 0.411. The van der Waals surface area contributed by atoms with Crippen molar-refractivity contribution in [1.29, 1.82) is 0 Å². The Morgan fingerprint density at radius 1 is 1.29 bits per heavy atom. The Kier molecular flexibility index (Phi) is 4.19. The summed E-state index contributed by atoms with van der Waals surface area (Å²) in [6.07, 6.45) is 2.90. The summed E-state index contributed by atoms with van der Waals surface area (Å²) in [4.78, 5) is 2.65. The average molecular weight is 309 g/mol. The van der Waals surface area contributed by atoms with Gasteiger partial charge in [0.2, 0.25) is 10.0 Å². The first-order valence-corrected chi connectivity index (χ1v) is 9.19. The lowest BCUT2D eigenvalue weighted by atomic mass is 10.1. The van der Waals surface area contributed by atoms with Crippen LogP contribution < -0.4 is 14.9 Å². The molecule has 2 fully saturated rings. The van der Waals surface area contributed by atoms with Gasteiger partial charge >= 0.3 is 0 Å². The van der Waals surface area contributed by atoms with Crippen LogP contribution in [0.5, 0.6) is 0 Å². The van der Waals surface area contributed by atoms with Crippen molar-refractivity contribution < 1.29 is 8.42 Å². The third-order valence-corrected chi connectivity index (χ3v) is 5.60. The summed E-state index contributed by atoms with van der Waals surface area (Å²) in [6, 6.07) is 7.88. The maximum atomic E-state index is 12.6. The van der Waals surface area contributed by atoms with Crippen molar-refractivity contribution in [2.45, 2.75) is 43.2 Å². The van der Waals surface area contributed by atoms with E-state index in [2.05, 4.69) is 21.9 Å². The zero-order valence-electron chi connectivity index (χ0n) is 12.4. The molecule has 0 amide bonds. The minimum Gasteiger partial charge on any atom is -0.365 e. The van der Waals surface area contributed by atoms with E-state index in [1.54, 1.807) is 12.1 Å². The third-order valence-electron chi connectivity index (χ3n) is 4.03. The molecule has 21 heavy (non-hydrogen) atoms. The first-order valence-electron chi connectivity index (χ1n) is 7.70. The summed E-state index contributed by atoms with van der Waals surface area (Å²) in [6.45, 7) is 4.84. The molecule has 5 nitrogen and oxygen atoms in total. The van der Waals surface area contributed by atoms with Crippen LogP contribution in [0.1, 0.15) is 26.2 Å². The number of anilines is 1. The van der Waals surface area contributed by atoms with Crippen LogP contribution in [0.3, 0.4) is 0 Å². The number of hydrogen-bond acceptors (Lipinski definition) is 4. The number of nitrogens with one attached hydrogen (secondary N) is 2. The summed E-state index contributed by atoms with van der Waals surface area (Å²) in [5.41, 5.74) is 0.832. The van der Waals surface area contributed by atoms with Gasteiger partial charge in [-0.25, -0.2) is 13.1 Å². The van der Waals surface area contributed by atoms with Gasteiger partial charge < -0.3 is 10.2 Å². The second kappa shape index (κ2) is 5.94. The quantitative estimate of drug-likeness (QED) is 0.797. The van der Waals surface area contributed by atoms with Gasteiger partial charge in [-0.3, -0.25) is 0 Å². The standard InChI is InChI=1S/C15H23N3O2S/c1-2-9-18(13-10-16-11-13)14-5-3-4-6-15(14)21(19,20)17-12-7-8-12/h3-6,12-13,16-17H,2,7-11H2,1H3. The molecule has 3 rings (SSSR count). The second-order valence-electron chi connectivity index (χ2n) is 5.87. The van der Waals surface area contributed by atoms with Crippen molar-refractivity contribution in [1.82, 2.24) is 10.0 Å². The molecular weight excluding hydrogens is 286 g/mol. The Balaban J connectivity index is 1.93. The van der Waals surface area contributed by atoms with Crippen LogP contribution >= 0.6 is 0 Å². The molecule has 2 N–H and O–H groups in total. The van der Waals surface area contributed by atoms with E-state index in [9.17, 15) is 8.42 Å². The number of sulfonamides is 1. The van der Waals surface area contributed by atoms with E-state index < -0.39 is 10.0 Å². The molecule has 2 aliphatic rings. The molecule has 1 aromatic carbocycles. The molecule has 0 aromatic heterocycles. The first-order chi connectivity index (χ1) is 10.1. The molecule has 1 aromatic rings. The minimum atomic E-state index is -3.42. The average Bonchev–Trinajstić information content (AvgIpc) is 3.19. The summed E-state index contributed by atoms with van der Waals surface area (Å²) < 4.78 is 28.0. The predicted molar refractivity (Wildman–Crippen MR) is 84.1 cm³/mol. The Morgan fingerprint density at radius 3 is 2.57 bits per heavy atom. The van der Waals surface area contributed by atoms with Gasteiger partial charge in [0, 0.05) is 25.7 Å². The lowest BCUT2D eigenvalue weighted by Gasteiger charge is -2.40. The molecule has 1 heterocycles. The molecule has 1 saturated carbocycles. The SMILES string of the molecule is CCCN(c1ccccc1S(=O)(=O)NC1CC1)C1CNC1. The molecule has 116 valence electrons. The molecule has 1 saturated heterocycles. The number of hydrogen-bond donors (Lipinski definition) is 2. The van der Waals surface area contributed by atoms with Crippen LogP contribution in [0, 0.1) is 0 Å². The maximum absolute atomic E-state index is 12.6. The first kappa shape index (κ1) is 14.8. The van der Waals surface area contributed by atoms with Crippen molar-refractivity contribution >= 4 is 15.7 Å². The molecule has 0 radical (unpaired) electrons. The van der Waals surface area contributed by atoms with Crippen LogP contribution in [0.4, 0.5) is 5.69 Å². The van der Waals surface area contributed by atoms with Gasteiger partial charge in [0.05, 0.1) is 11.7 Å². The zero-order chi connectivity index (χ0) is 14.9. The number of benzene rings is 1. The van der Waals surface area contributed by atoms with E-state index in [1.165, 1.54) is 0 Å². The van der Waals surface area contributed by atoms with E-state index >= 15 is 0 Å². The lowest BCUT2D eigenvalue weighted by Crippen LogP contribution is -2.58. The van der Waals surface area contributed by atoms with Gasteiger partial charge in [0.1, 0.15) is 4.90 Å². The summed E-state index contributed by atoms with van der Waals surface area (Å²) in [7, 11) is -3.42. The van der Waals surface area contributed by atoms with E-state index in [1.807, 2.05) is 12.1 Å². The fourth-order valence-electron chi connectivity index (χ4n) is 2.64. The molecule has 0 unspecified atom stereocenters. The van der Waals surface area contributed by atoms with E-state index in [0.29, 0.717) is 10.9 Å². The second-order valence-corrected chi connectivity index (χ2v) is 7.55. The summed E-state index contributed by atoms with van der Waals surface area (Å²) >= 11 is 0. The molecule has 0 bridgehead atoms. The molecule has 0 atom stereocenters. The van der Waals surface area contributed by atoms with Crippen LogP contribution in [0.25, 0.3) is 0 Å². The number of rotatable bonds is 7. The highest BCUT2D eigenvalue weighted by Crippen LogP contribution is 2.30. The Hall–Kier alpha value is -1.11. The van der Waals surface area contributed by atoms with E-state index in [-0.39, 0.29) is 6.04 Å². The van der Waals surface area contributed by atoms with Gasteiger partial charge in [0.25, 0.3) is 0 Å².